The molecule has 9 heteroatoms. The molecule has 1 aliphatic heterocycles. The van der Waals surface area contributed by atoms with E-state index in [-0.39, 0.29) is 16.7 Å². The summed E-state index contributed by atoms with van der Waals surface area (Å²) in [5.41, 5.74) is 1.50. The third-order valence-electron chi connectivity index (χ3n) is 5.45. The lowest BCUT2D eigenvalue weighted by molar-refractivity contribution is -0.139. The van der Waals surface area contributed by atoms with Crippen LogP contribution in [0.4, 0.5) is 21.6 Å². The number of halogens is 2. The van der Waals surface area contributed by atoms with Gasteiger partial charge in [0.2, 0.25) is 0 Å². The molecule has 1 aliphatic rings. The lowest BCUT2D eigenvalue weighted by Gasteiger charge is -2.42. The van der Waals surface area contributed by atoms with E-state index in [1.165, 1.54) is 12.4 Å². The molecule has 1 saturated heterocycles. The molecule has 1 fully saturated rings. The lowest BCUT2D eigenvalue weighted by atomic mass is 9.86. The summed E-state index contributed by atoms with van der Waals surface area (Å²) in [6.45, 7) is 13.8. The Morgan fingerprint density at radius 3 is 2.63 bits per heavy atom. The van der Waals surface area contributed by atoms with Crippen LogP contribution in [0.15, 0.2) is 46.6 Å². The third-order valence-corrected chi connectivity index (χ3v) is 5.91. The molecule has 1 N–H and O–H groups in total. The second kappa shape index (κ2) is 11.7. The van der Waals surface area contributed by atoms with Gasteiger partial charge < -0.3 is 19.7 Å². The first-order chi connectivity index (χ1) is 16.9. The number of nitrogens with one attached hydrogen (secondary N) is 1. The number of rotatable bonds is 9. The van der Waals surface area contributed by atoms with E-state index in [1.54, 1.807) is 12.1 Å². The molecule has 0 aliphatic carbocycles. The fraction of sp³-hybridized carbons (Fsp3) is 0.346. The first-order valence-electron chi connectivity index (χ1n) is 11.3. The van der Waals surface area contributed by atoms with Crippen molar-refractivity contribution in [3.05, 3.63) is 53.0 Å². The highest BCUT2D eigenvalue weighted by atomic mass is 79.9. The quantitative estimate of drug-likeness (QED) is 0.322. The van der Waals surface area contributed by atoms with Gasteiger partial charge in [-0.05, 0) is 45.1 Å². The molecule has 0 atom stereocenters. The van der Waals surface area contributed by atoms with E-state index in [0.29, 0.717) is 48.0 Å². The summed E-state index contributed by atoms with van der Waals surface area (Å²) < 4.78 is 27.7. The molecule has 0 unspecified atom stereocenters. The van der Waals surface area contributed by atoms with Crippen molar-refractivity contribution >= 4 is 56.8 Å². The Bertz CT molecular complexity index is 1210. The highest BCUT2D eigenvalue weighted by molar-refractivity contribution is 9.10. The van der Waals surface area contributed by atoms with Crippen LogP contribution in [0, 0.1) is 11.2 Å². The van der Waals surface area contributed by atoms with Crippen molar-refractivity contribution in [1.82, 2.24) is 14.9 Å². The monoisotopic (exact) mass is 543 g/mol. The maximum atomic E-state index is 15.1. The molecular formula is C26H31BrFN5O2. The maximum Gasteiger partial charge on any atom is 0.156 e. The molecule has 2 heterocycles. The number of hydrogen-bond donors (Lipinski definition) is 1. The van der Waals surface area contributed by atoms with E-state index in [1.807, 2.05) is 40.1 Å². The van der Waals surface area contributed by atoms with Gasteiger partial charge in [-0.2, -0.15) is 0 Å². The maximum absolute atomic E-state index is 15.1. The number of benzene rings is 2. The Hall–Kier alpha value is -2.88. The largest absolute Gasteiger partial charge is 0.492 e. The molecular weight excluding hydrogens is 513 g/mol. The van der Waals surface area contributed by atoms with Gasteiger partial charge >= 0.3 is 0 Å². The Labute approximate surface area is 214 Å². The van der Waals surface area contributed by atoms with Gasteiger partial charge in [0.05, 0.1) is 47.5 Å². The normalized spacial score (nSPS) is 14.0. The molecule has 0 radical (unpaired) electrons. The van der Waals surface area contributed by atoms with E-state index in [4.69, 9.17) is 9.47 Å². The Kier molecular flexibility index (Phi) is 8.93. The minimum atomic E-state index is -0.488. The fourth-order valence-electron chi connectivity index (χ4n) is 3.98. The Morgan fingerprint density at radius 2 is 2.03 bits per heavy atom. The van der Waals surface area contributed by atoms with Gasteiger partial charge in [0, 0.05) is 16.6 Å². The topological polar surface area (TPSA) is 71.9 Å². The summed E-state index contributed by atoms with van der Waals surface area (Å²) in [7, 11) is 4.06. The predicted octanol–water partition coefficient (Wildman–Crippen LogP) is 6.23. The zero-order valence-electron chi connectivity index (χ0n) is 20.6. The number of aromatic nitrogens is 2. The zero-order chi connectivity index (χ0) is 25.6. The molecule has 0 spiro atoms. The van der Waals surface area contributed by atoms with Crippen molar-refractivity contribution in [2.45, 2.75) is 13.8 Å². The molecule has 2 aromatic carbocycles. The highest BCUT2D eigenvalue weighted by Gasteiger charge is 2.40. The summed E-state index contributed by atoms with van der Waals surface area (Å²) in [5.74, 6) is 0.543. The number of aliphatic imine (C=N–C) groups is 1. The van der Waals surface area contributed by atoms with Crippen LogP contribution in [0.2, 0.25) is 0 Å². The van der Waals surface area contributed by atoms with Crippen molar-refractivity contribution in [3.63, 3.8) is 0 Å². The van der Waals surface area contributed by atoms with E-state index in [9.17, 15) is 0 Å². The summed E-state index contributed by atoms with van der Waals surface area (Å²) >= 11 is 3.53. The number of anilines is 2. The second-order valence-electron chi connectivity index (χ2n) is 8.39. The average molecular weight is 544 g/mol. The van der Waals surface area contributed by atoms with Crippen LogP contribution in [-0.4, -0.2) is 62.0 Å². The molecule has 35 heavy (non-hydrogen) atoms. The van der Waals surface area contributed by atoms with Crippen molar-refractivity contribution in [1.29, 1.82) is 0 Å². The average Bonchev–Trinajstić information content (AvgIpc) is 2.82. The lowest BCUT2D eigenvalue weighted by Crippen LogP contribution is -2.53. The SMILES string of the molecule is C=Cc1c(N=C)ccc(Nc2ncnc3cc(Br)cc(OCC4(CN(C)C)COC4)c23)c1F.CC. The van der Waals surface area contributed by atoms with Crippen molar-refractivity contribution in [2.24, 2.45) is 10.4 Å². The van der Waals surface area contributed by atoms with E-state index in [2.05, 4.69) is 54.4 Å². The number of fused-ring (bicyclic) bond motifs is 1. The molecule has 0 bridgehead atoms. The summed E-state index contributed by atoms with van der Waals surface area (Å²) in [4.78, 5) is 14.7. The van der Waals surface area contributed by atoms with Crippen LogP contribution in [-0.2, 0) is 4.74 Å². The van der Waals surface area contributed by atoms with Crippen molar-refractivity contribution in [2.75, 3.05) is 45.8 Å². The van der Waals surface area contributed by atoms with Crippen LogP contribution >= 0.6 is 15.9 Å². The highest BCUT2D eigenvalue weighted by Crippen LogP contribution is 2.38. The molecule has 4 rings (SSSR count). The van der Waals surface area contributed by atoms with Crippen LogP contribution in [0.1, 0.15) is 19.4 Å². The van der Waals surface area contributed by atoms with Crippen LogP contribution in [0.25, 0.3) is 17.0 Å². The summed E-state index contributed by atoms with van der Waals surface area (Å²) in [6, 6.07) is 7.01. The van der Waals surface area contributed by atoms with Gasteiger partial charge in [-0.25, -0.2) is 14.4 Å². The standard InChI is InChI=1S/C24H25BrFN5O2.C2H6/c1-5-16-17(27-2)6-7-18(22(16)26)30-23-21-19(28-14-29-23)8-15(25)9-20(21)33-13-24(10-31(3)4)11-32-12-24;1-2/h5-9,14H,1-2,10-13H2,3-4H3,(H,28,29,30);1-2H3. The van der Waals surface area contributed by atoms with Gasteiger partial charge in [0.1, 0.15) is 17.9 Å². The number of nitrogens with zero attached hydrogens (tertiary/aromatic N) is 4. The minimum absolute atomic E-state index is 0.0835. The summed E-state index contributed by atoms with van der Waals surface area (Å²) in [5, 5.41) is 3.75. The molecule has 186 valence electrons. The predicted molar refractivity (Wildman–Crippen MR) is 145 cm³/mol. The molecule has 0 amide bonds. The van der Waals surface area contributed by atoms with E-state index >= 15 is 4.39 Å². The second-order valence-corrected chi connectivity index (χ2v) is 9.30. The van der Waals surface area contributed by atoms with Crippen molar-refractivity contribution in [3.8, 4) is 5.75 Å². The van der Waals surface area contributed by atoms with Crippen LogP contribution in [0.3, 0.4) is 0 Å². The van der Waals surface area contributed by atoms with Crippen LogP contribution < -0.4 is 10.1 Å². The first-order valence-corrected chi connectivity index (χ1v) is 12.1. The van der Waals surface area contributed by atoms with E-state index in [0.717, 1.165) is 11.0 Å². The number of ether oxygens (including phenoxy) is 2. The first kappa shape index (κ1) is 26.7. The molecule has 7 nitrogen and oxygen atoms in total. The molecule has 3 aromatic rings. The van der Waals surface area contributed by atoms with Crippen LogP contribution in [0.5, 0.6) is 5.75 Å². The van der Waals surface area contributed by atoms with Gasteiger partial charge in [0.25, 0.3) is 0 Å². The zero-order valence-corrected chi connectivity index (χ0v) is 22.2. The summed E-state index contributed by atoms with van der Waals surface area (Å²) in [6.07, 6.45) is 2.85. The van der Waals surface area contributed by atoms with Gasteiger partial charge in [0.15, 0.2) is 5.82 Å². The Balaban J connectivity index is 0.00000167. The molecule has 0 saturated carbocycles. The third kappa shape index (κ3) is 5.86. The smallest absolute Gasteiger partial charge is 0.156 e. The Morgan fingerprint density at radius 1 is 1.29 bits per heavy atom. The van der Waals surface area contributed by atoms with Gasteiger partial charge in [-0.1, -0.05) is 42.4 Å². The fourth-order valence-corrected chi connectivity index (χ4v) is 4.41. The van der Waals surface area contributed by atoms with Gasteiger partial charge in [-0.3, -0.25) is 4.99 Å². The van der Waals surface area contributed by atoms with Crippen molar-refractivity contribution < 1.29 is 13.9 Å². The van der Waals surface area contributed by atoms with E-state index < -0.39 is 5.82 Å². The van der Waals surface area contributed by atoms with Gasteiger partial charge in [-0.15, -0.1) is 0 Å². The minimum Gasteiger partial charge on any atom is -0.492 e. The number of hydrogen-bond acceptors (Lipinski definition) is 7. The molecule has 1 aromatic heterocycles.